The number of anilines is 1. The number of carbonyl (C=O) groups excluding carboxylic acids is 3. The summed E-state index contributed by atoms with van der Waals surface area (Å²) in [6, 6.07) is -0.127. The summed E-state index contributed by atoms with van der Waals surface area (Å²) < 4.78 is 30.9. The van der Waals surface area contributed by atoms with Crippen molar-refractivity contribution < 1.29 is 27.5 Å². The SMILES string of the molecule is COc1nc(C)nc(NC(=O)NS(=O)(=O)c2ccsc2C(=O)C=O)n1. The number of Topliss-reactive ketones (excluding diaryl/α,β-unsaturated/α-hetero) is 1. The van der Waals surface area contributed by atoms with Gasteiger partial charge in [-0.2, -0.15) is 15.0 Å². The van der Waals surface area contributed by atoms with Crippen LogP contribution < -0.4 is 14.8 Å². The number of aryl methyl sites for hydroxylation is 1. The molecule has 0 aromatic carbocycles. The molecule has 0 spiro atoms. The highest BCUT2D eigenvalue weighted by Crippen LogP contribution is 2.22. The second-order valence-corrected chi connectivity index (χ2v) is 6.92. The average molecular weight is 385 g/mol. The summed E-state index contributed by atoms with van der Waals surface area (Å²) in [6.07, 6.45) is -0.00914. The van der Waals surface area contributed by atoms with Crippen LogP contribution in [0.1, 0.15) is 15.5 Å². The molecular weight excluding hydrogens is 374 g/mol. The first kappa shape index (κ1) is 18.4. The lowest BCUT2D eigenvalue weighted by Gasteiger charge is -2.08. The highest BCUT2D eigenvalue weighted by molar-refractivity contribution is 7.90. The van der Waals surface area contributed by atoms with Crippen LogP contribution in [-0.2, 0) is 14.8 Å². The molecule has 13 heteroatoms. The number of ether oxygens (including phenoxy) is 1. The van der Waals surface area contributed by atoms with Crippen LogP contribution in [0.15, 0.2) is 16.3 Å². The zero-order valence-electron chi connectivity index (χ0n) is 12.8. The molecule has 2 heterocycles. The number of hydrogen-bond acceptors (Lipinski definition) is 10. The van der Waals surface area contributed by atoms with Gasteiger partial charge in [-0.15, -0.1) is 11.3 Å². The van der Waals surface area contributed by atoms with Crippen LogP contribution in [0.2, 0.25) is 0 Å². The van der Waals surface area contributed by atoms with Gasteiger partial charge in [0.15, 0.2) is 6.29 Å². The summed E-state index contributed by atoms with van der Waals surface area (Å²) >= 11 is 0.766. The largest absolute Gasteiger partial charge is 0.467 e. The Kier molecular flexibility index (Phi) is 5.38. The molecule has 11 nitrogen and oxygen atoms in total. The van der Waals surface area contributed by atoms with E-state index in [-0.39, 0.29) is 28.9 Å². The lowest BCUT2D eigenvalue weighted by molar-refractivity contribution is -0.104. The summed E-state index contributed by atoms with van der Waals surface area (Å²) in [5.74, 6) is -0.998. The minimum Gasteiger partial charge on any atom is -0.467 e. The number of amides is 2. The van der Waals surface area contributed by atoms with Crippen molar-refractivity contribution in [2.24, 2.45) is 0 Å². The van der Waals surface area contributed by atoms with Crippen molar-refractivity contribution in [2.75, 3.05) is 12.4 Å². The van der Waals surface area contributed by atoms with Gasteiger partial charge in [-0.25, -0.2) is 17.9 Å². The van der Waals surface area contributed by atoms with Gasteiger partial charge in [-0.1, -0.05) is 0 Å². The number of hydrogen-bond donors (Lipinski definition) is 2. The topological polar surface area (TPSA) is 157 Å². The zero-order valence-corrected chi connectivity index (χ0v) is 14.5. The summed E-state index contributed by atoms with van der Waals surface area (Å²) in [5, 5.41) is 3.42. The van der Waals surface area contributed by atoms with Crippen LogP contribution >= 0.6 is 11.3 Å². The molecule has 2 aromatic rings. The van der Waals surface area contributed by atoms with Gasteiger partial charge in [-0.3, -0.25) is 14.9 Å². The van der Waals surface area contributed by atoms with Gasteiger partial charge in [0.2, 0.25) is 11.7 Å². The number of sulfonamides is 1. The first-order valence-corrected chi connectivity index (χ1v) is 8.80. The van der Waals surface area contributed by atoms with E-state index in [2.05, 4.69) is 20.3 Å². The molecule has 2 N–H and O–H groups in total. The van der Waals surface area contributed by atoms with E-state index < -0.39 is 26.7 Å². The van der Waals surface area contributed by atoms with Crippen molar-refractivity contribution in [1.29, 1.82) is 0 Å². The molecule has 0 bridgehead atoms. The van der Waals surface area contributed by atoms with Crippen LogP contribution in [0.4, 0.5) is 10.7 Å². The van der Waals surface area contributed by atoms with Gasteiger partial charge in [0, 0.05) is 0 Å². The Morgan fingerprint density at radius 3 is 2.64 bits per heavy atom. The summed E-state index contributed by atoms with van der Waals surface area (Å²) in [5.41, 5.74) is 0. The van der Waals surface area contributed by atoms with Crippen molar-refractivity contribution in [3.63, 3.8) is 0 Å². The molecule has 0 fully saturated rings. The second-order valence-electron chi connectivity index (χ2n) is 4.35. The van der Waals surface area contributed by atoms with Crippen molar-refractivity contribution in [1.82, 2.24) is 19.7 Å². The maximum Gasteiger partial charge on any atom is 0.335 e. The Labute approximate surface area is 145 Å². The summed E-state index contributed by atoms with van der Waals surface area (Å²) in [6.45, 7) is 1.52. The fraction of sp³-hybridized carbons (Fsp3) is 0.167. The van der Waals surface area contributed by atoms with Gasteiger partial charge in [0.25, 0.3) is 10.0 Å². The van der Waals surface area contributed by atoms with Crippen molar-refractivity contribution in [3.05, 3.63) is 22.1 Å². The number of methoxy groups -OCH3 is 1. The summed E-state index contributed by atoms with van der Waals surface area (Å²) in [7, 11) is -3.07. The molecule has 2 aromatic heterocycles. The fourth-order valence-electron chi connectivity index (χ4n) is 1.65. The first-order chi connectivity index (χ1) is 11.8. The molecule has 0 atom stereocenters. The van der Waals surface area contributed by atoms with E-state index in [4.69, 9.17) is 4.74 Å². The maximum atomic E-state index is 12.2. The predicted molar refractivity (Wildman–Crippen MR) is 85.2 cm³/mol. The first-order valence-electron chi connectivity index (χ1n) is 6.44. The fourth-order valence-corrected chi connectivity index (χ4v) is 3.90. The Balaban J connectivity index is 2.20. The third-order valence-electron chi connectivity index (χ3n) is 2.61. The van der Waals surface area contributed by atoms with Crippen LogP contribution in [0.5, 0.6) is 6.01 Å². The van der Waals surface area contributed by atoms with E-state index in [0.29, 0.717) is 0 Å². The molecule has 0 saturated carbocycles. The van der Waals surface area contributed by atoms with E-state index in [9.17, 15) is 22.8 Å². The number of thiophene rings is 1. The molecule has 0 aliphatic carbocycles. The number of rotatable bonds is 6. The molecule has 0 unspecified atom stereocenters. The quantitative estimate of drug-likeness (QED) is 0.401. The maximum absolute atomic E-state index is 12.2. The number of nitrogens with one attached hydrogen (secondary N) is 2. The number of aromatic nitrogens is 3. The Bertz CT molecular complexity index is 939. The van der Waals surface area contributed by atoms with Crippen molar-refractivity contribution >= 4 is 45.4 Å². The van der Waals surface area contributed by atoms with E-state index in [0.717, 1.165) is 17.4 Å². The number of carbonyl (C=O) groups is 3. The lowest BCUT2D eigenvalue weighted by atomic mass is 10.3. The Morgan fingerprint density at radius 2 is 2.00 bits per heavy atom. The number of aldehydes is 1. The lowest BCUT2D eigenvalue weighted by Crippen LogP contribution is -2.35. The molecule has 132 valence electrons. The molecular formula is C12H11N5O6S2. The van der Waals surface area contributed by atoms with Gasteiger partial charge >= 0.3 is 12.0 Å². The Hall–Kier alpha value is -2.93. The molecule has 0 aliphatic rings. The molecule has 0 saturated heterocycles. The van der Waals surface area contributed by atoms with Gasteiger partial charge in [0.1, 0.15) is 10.7 Å². The van der Waals surface area contributed by atoms with E-state index >= 15 is 0 Å². The van der Waals surface area contributed by atoms with Crippen LogP contribution in [0.3, 0.4) is 0 Å². The number of urea groups is 1. The van der Waals surface area contributed by atoms with Gasteiger partial charge in [0.05, 0.1) is 12.0 Å². The normalized spacial score (nSPS) is 10.8. The third kappa shape index (κ3) is 4.33. The number of nitrogens with zero attached hydrogens (tertiary/aromatic N) is 3. The van der Waals surface area contributed by atoms with E-state index in [1.807, 2.05) is 0 Å². The minimum absolute atomic E-state index is 0.00914. The average Bonchev–Trinajstić information content (AvgIpc) is 3.03. The molecule has 2 amide bonds. The summed E-state index contributed by atoms with van der Waals surface area (Å²) in [4.78, 5) is 44.5. The highest BCUT2D eigenvalue weighted by Gasteiger charge is 2.26. The molecule has 0 radical (unpaired) electrons. The van der Waals surface area contributed by atoms with Crippen molar-refractivity contribution in [2.45, 2.75) is 11.8 Å². The Morgan fingerprint density at radius 1 is 1.28 bits per heavy atom. The monoisotopic (exact) mass is 385 g/mol. The standard InChI is InChI=1S/C12H11N5O6S2/c1-6-13-10(16-12(14-6)23-2)15-11(20)17-25(21,22)8-3-4-24-9(8)7(19)5-18/h3-5H,1-2H3,(H2,13,14,15,16,17,20). The van der Waals surface area contributed by atoms with Crippen LogP contribution in [-0.4, -0.2) is 48.6 Å². The second kappa shape index (κ2) is 7.31. The van der Waals surface area contributed by atoms with E-state index in [1.165, 1.54) is 19.4 Å². The zero-order chi connectivity index (χ0) is 18.6. The third-order valence-corrected chi connectivity index (χ3v) is 5.04. The van der Waals surface area contributed by atoms with E-state index in [1.54, 1.807) is 4.72 Å². The van der Waals surface area contributed by atoms with Crippen molar-refractivity contribution in [3.8, 4) is 6.01 Å². The van der Waals surface area contributed by atoms with Gasteiger partial charge < -0.3 is 4.74 Å². The molecule has 25 heavy (non-hydrogen) atoms. The van der Waals surface area contributed by atoms with Gasteiger partial charge in [-0.05, 0) is 18.4 Å². The minimum atomic E-state index is -4.38. The highest BCUT2D eigenvalue weighted by atomic mass is 32.2. The smallest absolute Gasteiger partial charge is 0.335 e. The predicted octanol–water partition coefficient (Wildman–Crippen LogP) is 0.142. The molecule has 0 aliphatic heterocycles. The van der Waals surface area contributed by atoms with Crippen LogP contribution in [0.25, 0.3) is 0 Å². The molecule has 2 rings (SSSR count). The number of ketones is 1. The van der Waals surface area contributed by atoms with Crippen LogP contribution in [0, 0.1) is 6.92 Å².